The fraction of sp³-hybridized carbons (Fsp3) is 0.500. The molecule has 8 nitrogen and oxygen atoms in total. The Balaban J connectivity index is 2.77. The van der Waals surface area contributed by atoms with Crippen molar-refractivity contribution in [3.8, 4) is 0 Å². The van der Waals surface area contributed by atoms with Gasteiger partial charge in [-0.15, -0.1) is 0 Å². The molecule has 0 aromatic carbocycles. The highest BCUT2D eigenvalue weighted by Crippen LogP contribution is 2.06. The van der Waals surface area contributed by atoms with Crippen molar-refractivity contribution in [2.24, 2.45) is 10.9 Å². The maximum absolute atomic E-state index is 9.59. The van der Waals surface area contributed by atoms with Gasteiger partial charge in [-0.05, 0) is 6.07 Å². The van der Waals surface area contributed by atoms with E-state index in [-0.39, 0.29) is 12.4 Å². The molecule has 0 radical (unpaired) electrons. The summed E-state index contributed by atoms with van der Waals surface area (Å²) in [6, 6.07) is 1.53. The molecule has 0 fully saturated rings. The molecule has 8 heteroatoms. The Hall–Kier alpha value is -1.93. The fourth-order valence-electron chi connectivity index (χ4n) is 1.37. The van der Waals surface area contributed by atoms with E-state index in [1.807, 2.05) is 0 Å². The van der Waals surface area contributed by atoms with Gasteiger partial charge in [-0.25, -0.2) is 9.97 Å². The zero-order valence-electron chi connectivity index (χ0n) is 10.3. The molecule has 100 valence electrons. The summed E-state index contributed by atoms with van der Waals surface area (Å²) < 4.78 is 4.83. The van der Waals surface area contributed by atoms with Crippen molar-refractivity contribution in [2.45, 2.75) is 6.10 Å². The molecule has 1 unspecified atom stereocenters. The third-order valence-electron chi connectivity index (χ3n) is 2.20. The number of oxime groups is 1. The minimum Gasteiger partial charge on any atom is -0.409 e. The predicted molar refractivity (Wildman–Crippen MR) is 65.7 cm³/mol. The van der Waals surface area contributed by atoms with Gasteiger partial charge in [-0.2, -0.15) is 0 Å². The van der Waals surface area contributed by atoms with Crippen LogP contribution in [0.15, 0.2) is 17.4 Å². The third-order valence-corrected chi connectivity index (χ3v) is 2.20. The number of aliphatic hydroxyl groups excluding tert-OH is 1. The number of hydrogen-bond donors (Lipinski definition) is 3. The van der Waals surface area contributed by atoms with Gasteiger partial charge in [0, 0.05) is 26.9 Å². The minimum absolute atomic E-state index is 0.0931. The predicted octanol–water partition coefficient (Wildman–Crippen LogP) is -0.985. The summed E-state index contributed by atoms with van der Waals surface area (Å²) in [6.07, 6.45) is 0.852. The summed E-state index contributed by atoms with van der Waals surface area (Å²) >= 11 is 0. The quantitative estimate of drug-likeness (QED) is 0.259. The molecule has 1 aromatic heterocycles. The Morgan fingerprint density at radius 3 is 3.00 bits per heavy atom. The van der Waals surface area contributed by atoms with E-state index in [4.69, 9.17) is 15.7 Å². The van der Waals surface area contributed by atoms with Crippen LogP contribution < -0.4 is 10.6 Å². The number of amidine groups is 1. The lowest BCUT2D eigenvalue weighted by molar-refractivity contribution is 0.0693. The molecule has 0 spiro atoms. The summed E-state index contributed by atoms with van der Waals surface area (Å²) in [7, 11) is 3.24. The Morgan fingerprint density at radius 2 is 2.39 bits per heavy atom. The van der Waals surface area contributed by atoms with Crippen LogP contribution in [0.25, 0.3) is 0 Å². The van der Waals surface area contributed by atoms with Gasteiger partial charge < -0.3 is 25.7 Å². The van der Waals surface area contributed by atoms with Crippen molar-refractivity contribution < 1.29 is 15.1 Å². The van der Waals surface area contributed by atoms with Gasteiger partial charge >= 0.3 is 0 Å². The lowest BCUT2D eigenvalue weighted by Crippen LogP contribution is -2.33. The molecule has 0 amide bonds. The minimum atomic E-state index is -0.642. The lowest BCUT2D eigenvalue weighted by Gasteiger charge is -2.20. The monoisotopic (exact) mass is 255 g/mol. The average molecular weight is 255 g/mol. The van der Waals surface area contributed by atoms with Gasteiger partial charge in [0.2, 0.25) is 5.95 Å². The second-order valence-corrected chi connectivity index (χ2v) is 3.72. The standard InChI is InChI=1S/C10H17N5O3/c1-15(5-7(16)6-18-2)10-12-4-3-8(13-10)9(11)14-17/h3-4,7,16-17H,5-6H2,1-2H3,(H2,11,14). The van der Waals surface area contributed by atoms with Crippen molar-refractivity contribution in [3.05, 3.63) is 18.0 Å². The molecule has 1 atom stereocenters. The number of methoxy groups -OCH3 is 1. The van der Waals surface area contributed by atoms with Crippen LogP contribution in [-0.2, 0) is 4.74 Å². The van der Waals surface area contributed by atoms with E-state index in [1.54, 1.807) is 11.9 Å². The van der Waals surface area contributed by atoms with Gasteiger partial charge in [0.05, 0.1) is 12.7 Å². The molecule has 0 aliphatic carbocycles. The van der Waals surface area contributed by atoms with E-state index in [2.05, 4.69) is 15.1 Å². The summed E-state index contributed by atoms with van der Waals surface area (Å²) in [4.78, 5) is 9.79. The van der Waals surface area contributed by atoms with Crippen LogP contribution in [0.1, 0.15) is 5.69 Å². The molecule has 0 aliphatic rings. The summed E-state index contributed by atoms with van der Waals surface area (Å²) in [5.41, 5.74) is 5.75. The molecule has 0 bridgehead atoms. The number of nitrogens with zero attached hydrogens (tertiary/aromatic N) is 4. The number of likely N-dealkylation sites (N-methyl/N-ethyl adjacent to an activating group) is 1. The van der Waals surface area contributed by atoms with E-state index in [1.165, 1.54) is 19.4 Å². The second kappa shape index (κ2) is 6.72. The van der Waals surface area contributed by atoms with Crippen molar-refractivity contribution in [1.82, 2.24) is 9.97 Å². The molecule has 4 N–H and O–H groups in total. The SMILES string of the molecule is COCC(O)CN(C)c1nccc(/C(N)=N/O)n1. The fourth-order valence-corrected chi connectivity index (χ4v) is 1.37. The average Bonchev–Trinajstić information content (AvgIpc) is 2.38. The van der Waals surface area contributed by atoms with E-state index in [9.17, 15) is 5.11 Å². The topological polar surface area (TPSA) is 117 Å². The molecule has 0 saturated heterocycles. The first-order chi connectivity index (χ1) is 8.58. The van der Waals surface area contributed by atoms with Crippen LogP contribution >= 0.6 is 0 Å². The Labute approximate surface area is 105 Å². The Kier molecular flexibility index (Phi) is 5.28. The number of nitrogens with two attached hydrogens (primary N) is 1. The molecular formula is C10H17N5O3. The number of aromatic nitrogens is 2. The molecule has 1 rings (SSSR count). The van der Waals surface area contributed by atoms with Crippen molar-refractivity contribution >= 4 is 11.8 Å². The summed E-state index contributed by atoms with van der Waals surface area (Å²) in [5, 5.41) is 21.0. The maximum Gasteiger partial charge on any atom is 0.225 e. The maximum atomic E-state index is 9.59. The van der Waals surface area contributed by atoms with Crippen LogP contribution in [0.5, 0.6) is 0 Å². The van der Waals surface area contributed by atoms with Gasteiger partial charge in [-0.1, -0.05) is 5.16 Å². The van der Waals surface area contributed by atoms with Crippen molar-refractivity contribution in [3.63, 3.8) is 0 Å². The van der Waals surface area contributed by atoms with Crippen LogP contribution in [0, 0.1) is 0 Å². The smallest absolute Gasteiger partial charge is 0.225 e. The number of ether oxygens (including phenoxy) is 1. The van der Waals surface area contributed by atoms with Gasteiger partial charge in [-0.3, -0.25) is 0 Å². The number of aliphatic hydroxyl groups is 1. The van der Waals surface area contributed by atoms with Crippen molar-refractivity contribution in [2.75, 3.05) is 32.2 Å². The van der Waals surface area contributed by atoms with E-state index >= 15 is 0 Å². The highest BCUT2D eigenvalue weighted by atomic mass is 16.5. The Bertz CT molecular complexity index is 412. The number of rotatable bonds is 6. The third kappa shape index (κ3) is 3.82. The first kappa shape index (κ1) is 14.1. The molecule has 0 saturated carbocycles. The summed E-state index contributed by atoms with van der Waals surface area (Å²) in [6.45, 7) is 0.539. The highest BCUT2D eigenvalue weighted by molar-refractivity contribution is 5.95. The normalized spacial score (nSPS) is 13.4. The molecule has 0 aliphatic heterocycles. The van der Waals surface area contributed by atoms with Crippen molar-refractivity contribution in [1.29, 1.82) is 0 Å². The van der Waals surface area contributed by atoms with Crippen LogP contribution in [-0.4, -0.2) is 59.5 Å². The van der Waals surface area contributed by atoms with Gasteiger partial charge in [0.25, 0.3) is 0 Å². The van der Waals surface area contributed by atoms with Gasteiger partial charge in [0.15, 0.2) is 5.84 Å². The zero-order chi connectivity index (χ0) is 13.5. The molecule has 1 heterocycles. The number of hydrogen-bond acceptors (Lipinski definition) is 7. The zero-order valence-corrected chi connectivity index (χ0v) is 10.3. The van der Waals surface area contributed by atoms with E-state index in [0.717, 1.165) is 0 Å². The highest BCUT2D eigenvalue weighted by Gasteiger charge is 2.12. The van der Waals surface area contributed by atoms with Gasteiger partial charge in [0.1, 0.15) is 5.69 Å². The molecule has 18 heavy (non-hydrogen) atoms. The Morgan fingerprint density at radius 1 is 1.67 bits per heavy atom. The second-order valence-electron chi connectivity index (χ2n) is 3.72. The number of anilines is 1. The van der Waals surface area contributed by atoms with E-state index in [0.29, 0.717) is 18.2 Å². The molecule has 1 aromatic rings. The van der Waals surface area contributed by atoms with Crippen LogP contribution in [0.2, 0.25) is 0 Å². The largest absolute Gasteiger partial charge is 0.409 e. The first-order valence-corrected chi connectivity index (χ1v) is 5.27. The summed E-state index contributed by atoms with van der Waals surface area (Å²) in [5.74, 6) is 0.277. The lowest BCUT2D eigenvalue weighted by atomic mass is 10.3. The first-order valence-electron chi connectivity index (χ1n) is 5.27. The van der Waals surface area contributed by atoms with Crippen LogP contribution in [0.3, 0.4) is 0 Å². The van der Waals surface area contributed by atoms with E-state index < -0.39 is 6.10 Å². The molecular weight excluding hydrogens is 238 g/mol. The van der Waals surface area contributed by atoms with Crippen LogP contribution in [0.4, 0.5) is 5.95 Å².